The fourth-order valence-electron chi connectivity index (χ4n) is 2.59. The first-order chi connectivity index (χ1) is 8.27. The zero-order valence-corrected chi connectivity index (χ0v) is 10.0. The van der Waals surface area contributed by atoms with Gasteiger partial charge in [-0.3, -0.25) is 4.98 Å². The number of aromatic nitrogens is 1. The van der Waals surface area contributed by atoms with Gasteiger partial charge in [-0.2, -0.15) is 0 Å². The zero-order valence-electron chi connectivity index (χ0n) is 10.0. The number of aryl methyl sites for hydroxylation is 1. The molecule has 0 radical (unpaired) electrons. The van der Waals surface area contributed by atoms with Crippen molar-refractivity contribution < 1.29 is 0 Å². The van der Waals surface area contributed by atoms with E-state index in [2.05, 4.69) is 19.1 Å². The van der Waals surface area contributed by atoms with Crippen LogP contribution in [0.4, 0.5) is 5.69 Å². The molecule has 0 amide bonds. The molecule has 1 aliphatic carbocycles. The number of anilines is 1. The van der Waals surface area contributed by atoms with Crippen LogP contribution in [-0.4, -0.2) is 4.98 Å². The van der Waals surface area contributed by atoms with Gasteiger partial charge < -0.3 is 5.73 Å². The average molecular weight is 224 g/mol. The van der Waals surface area contributed by atoms with E-state index in [4.69, 9.17) is 10.7 Å². The van der Waals surface area contributed by atoms with E-state index in [0.717, 1.165) is 35.3 Å². The summed E-state index contributed by atoms with van der Waals surface area (Å²) < 4.78 is 0. The minimum Gasteiger partial charge on any atom is -0.398 e. The second-order valence-corrected chi connectivity index (χ2v) is 4.64. The molecule has 0 saturated heterocycles. The van der Waals surface area contributed by atoms with Crippen LogP contribution < -0.4 is 5.73 Å². The van der Waals surface area contributed by atoms with Gasteiger partial charge in [-0.1, -0.05) is 30.3 Å². The van der Waals surface area contributed by atoms with Gasteiger partial charge in [-0.25, -0.2) is 0 Å². The molecule has 2 heteroatoms. The van der Waals surface area contributed by atoms with Gasteiger partial charge in [0, 0.05) is 16.9 Å². The van der Waals surface area contributed by atoms with Gasteiger partial charge in [0.05, 0.1) is 5.69 Å². The van der Waals surface area contributed by atoms with Crippen LogP contribution in [0.25, 0.3) is 11.3 Å². The molecule has 1 aromatic heterocycles. The van der Waals surface area contributed by atoms with Crippen LogP contribution in [0, 0.1) is 6.92 Å². The van der Waals surface area contributed by atoms with Gasteiger partial charge in [0.25, 0.3) is 0 Å². The van der Waals surface area contributed by atoms with Crippen LogP contribution in [-0.2, 0) is 12.8 Å². The number of nitrogens with zero attached hydrogens (tertiary/aromatic N) is 1. The monoisotopic (exact) mass is 224 g/mol. The van der Waals surface area contributed by atoms with Crippen molar-refractivity contribution in [2.45, 2.75) is 26.2 Å². The molecule has 0 atom stereocenters. The molecule has 2 aromatic rings. The molecule has 2 nitrogen and oxygen atoms in total. The normalized spacial score (nSPS) is 13.7. The van der Waals surface area contributed by atoms with Crippen molar-refractivity contribution in [3.05, 3.63) is 47.2 Å². The summed E-state index contributed by atoms with van der Waals surface area (Å²) in [4.78, 5) is 4.80. The highest BCUT2D eigenvalue weighted by Gasteiger charge is 2.19. The summed E-state index contributed by atoms with van der Waals surface area (Å²) in [6.07, 6.45) is 3.34. The highest BCUT2D eigenvalue weighted by molar-refractivity contribution is 5.72. The van der Waals surface area contributed by atoms with Crippen LogP contribution in [0.5, 0.6) is 0 Å². The van der Waals surface area contributed by atoms with Gasteiger partial charge in [0.1, 0.15) is 0 Å². The summed E-state index contributed by atoms with van der Waals surface area (Å²) in [6.45, 7) is 2.07. The molecular weight excluding hydrogens is 208 g/mol. The maximum Gasteiger partial charge on any atom is 0.0755 e. The number of rotatable bonds is 1. The lowest BCUT2D eigenvalue weighted by atomic mass is 10.0. The Balaban J connectivity index is 2.22. The second-order valence-electron chi connectivity index (χ2n) is 4.64. The number of pyridine rings is 1. The summed E-state index contributed by atoms with van der Waals surface area (Å²) in [5, 5.41) is 0. The minimum absolute atomic E-state index is 0.950. The number of nitrogen functional groups attached to an aromatic ring is 1. The molecule has 0 fully saturated rings. The van der Waals surface area contributed by atoms with Crippen LogP contribution in [0.2, 0.25) is 0 Å². The summed E-state index contributed by atoms with van der Waals surface area (Å²) in [5.41, 5.74) is 13.0. The standard InChI is InChI=1S/C15H16N2/c1-10-14(16)12-8-5-9-13(12)17-15(10)11-6-3-2-4-7-11/h2-4,6-7H,5,8-9H2,1H3,(H2,16,17). The maximum atomic E-state index is 6.23. The predicted octanol–water partition coefficient (Wildman–Crippen LogP) is 3.13. The van der Waals surface area contributed by atoms with E-state index in [-0.39, 0.29) is 0 Å². The molecule has 0 bridgehead atoms. The second kappa shape index (κ2) is 3.88. The Bertz CT molecular complexity index is 559. The first-order valence-electron chi connectivity index (χ1n) is 6.10. The quantitative estimate of drug-likeness (QED) is 0.808. The van der Waals surface area contributed by atoms with Gasteiger partial charge in [-0.15, -0.1) is 0 Å². The van der Waals surface area contributed by atoms with Crippen LogP contribution in [0.15, 0.2) is 30.3 Å². The molecule has 1 aliphatic rings. The van der Waals surface area contributed by atoms with Crippen molar-refractivity contribution in [3.8, 4) is 11.3 Å². The SMILES string of the molecule is Cc1c(-c2ccccc2)nc2c(c1N)CCC2. The van der Waals surface area contributed by atoms with Gasteiger partial charge in [-0.05, 0) is 37.3 Å². The summed E-state index contributed by atoms with van der Waals surface area (Å²) >= 11 is 0. The van der Waals surface area contributed by atoms with Crippen molar-refractivity contribution in [2.75, 3.05) is 5.73 Å². The van der Waals surface area contributed by atoms with E-state index in [9.17, 15) is 0 Å². The molecule has 3 rings (SSSR count). The van der Waals surface area contributed by atoms with Crippen molar-refractivity contribution >= 4 is 5.69 Å². The lowest BCUT2D eigenvalue weighted by Gasteiger charge is -2.12. The molecular formula is C15H16N2. The molecule has 17 heavy (non-hydrogen) atoms. The van der Waals surface area contributed by atoms with E-state index >= 15 is 0 Å². The Morgan fingerprint density at radius 3 is 2.65 bits per heavy atom. The largest absolute Gasteiger partial charge is 0.398 e. The molecule has 0 unspecified atom stereocenters. The van der Waals surface area contributed by atoms with Crippen molar-refractivity contribution in [3.63, 3.8) is 0 Å². The van der Waals surface area contributed by atoms with E-state index < -0.39 is 0 Å². The van der Waals surface area contributed by atoms with Gasteiger partial charge in [0.15, 0.2) is 0 Å². The number of fused-ring (bicyclic) bond motifs is 1. The Morgan fingerprint density at radius 2 is 1.88 bits per heavy atom. The number of nitrogens with two attached hydrogens (primary N) is 1. The minimum atomic E-state index is 0.950. The maximum absolute atomic E-state index is 6.23. The van der Waals surface area contributed by atoms with Crippen molar-refractivity contribution in [1.29, 1.82) is 0 Å². The lowest BCUT2D eigenvalue weighted by molar-refractivity contribution is 0.900. The third kappa shape index (κ3) is 1.60. The van der Waals surface area contributed by atoms with Crippen LogP contribution in [0.3, 0.4) is 0 Å². The number of hydrogen-bond acceptors (Lipinski definition) is 2. The summed E-state index contributed by atoms with van der Waals surface area (Å²) in [5.74, 6) is 0. The molecule has 0 aliphatic heterocycles. The molecule has 0 saturated carbocycles. The smallest absolute Gasteiger partial charge is 0.0755 e. The lowest BCUT2D eigenvalue weighted by Crippen LogP contribution is -2.02. The number of benzene rings is 1. The number of hydrogen-bond donors (Lipinski definition) is 1. The third-order valence-electron chi connectivity index (χ3n) is 3.57. The first kappa shape index (κ1) is 10.3. The van der Waals surface area contributed by atoms with Crippen molar-refractivity contribution in [1.82, 2.24) is 4.98 Å². The van der Waals surface area contributed by atoms with E-state index in [1.165, 1.54) is 17.7 Å². The van der Waals surface area contributed by atoms with E-state index in [1.807, 2.05) is 18.2 Å². The first-order valence-corrected chi connectivity index (χ1v) is 6.10. The summed E-state index contributed by atoms with van der Waals surface area (Å²) in [7, 11) is 0. The molecule has 0 spiro atoms. The average Bonchev–Trinajstić information content (AvgIpc) is 2.83. The van der Waals surface area contributed by atoms with Gasteiger partial charge >= 0.3 is 0 Å². The van der Waals surface area contributed by atoms with E-state index in [1.54, 1.807) is 0 Å². The Hall–Kier alpha value is -1.83. The predicted molar refractivity (Wildman–Crippen MR) is 70.8 cm³/mol. The molecule has 86 valence electrons. The highest BCUT2D eigenvalue weighted by atomic mass is 14.8. The molecule has 1 aromatic carbocycles. The Kier molecular flexibility index (Phi) is 2.36. The topological polar surface area (TPSA) is 38.9 Å². The fraction of sp³-hybridized carbons (Fsp3) is 0.267. The highest BCUT2D eigenvalue weighted by Crippen LogP contribution is 2.33. The third-order valence-corrected chi connectivity index (χ3v) is 3.57. The Morgan fingerprint density at radius 1 is 1.12 bits per heavy atom. The van der Waals surface area contributed by atoms with Crippen LogP contribution >= 0.6 is 0 Å². The summed E-state index contributed by atoms with van der Waals surface area (Å²) in [6, 6.07) is 10.3. The fourth-order valence-corrected chi connectivity index (χ4v) is 2.59. The van der Waals surface area contributed by atoms with Gasteiger partial charge in [0.2, 0.25) is 0 Å². The Labute approximate surface area is 102 Å². The van der Waals surface area contributed by atoms with Crippen molar-refractivity contribution in [2.24, 2.45) is 0 Å². The molecule has 2 N–H and O–H groups in total. The molecule has 1 heterocycles. The van der Waals surface area contributed by atoms with E-state index in [0.29, 0.717) is 0 Å². The zero-order chi connectivity index (χ0) is 11.8. The van der Waals surface area contributed by atoms with Crippen LogP contribution in [0.1, 0.15) is 23.2 Å².